The summed E-state index contributed by atoms with van der Waals surface area (Å²) in [6.07, 6.45) is 1.41. The van der Waals surface area contributed by atoms with Gasteiger partial charge in [0.25, 0.3) is 0 Å². The highest BCUT2D eigenvalue weighted by Gasteiger charge is 2.38. The average Bonchev–Trinajstić information content (AvgIpc) is 2.58. The Bertz CT molecular complexity index is 744. The predicted octanol–water partition coefficient (Wildman–Crippen LogP) is 0.173. The molecule has 0 N–H and O–H groups in total. The molecule has 1 amide bonds. The maximum atomic E-state index is 13.0. The Balaban J connectivity index is 1.50. The average molecular weight is 399 g/mol. The van der Waals surface area contributed by atoms with E-state index in [1.54, 1.807) is 17.0 Å². The molecule has 150 valence electrons. The molecule has 2 heterocycles. The van der Waals surface area contributed by atoms with E-state index in [2.05, 4.69) is 4.90 Å². The van der Waals surface area contributed by atoms with Crippen LogP contribution in [0.4, 0.5) is 4.39 Å². The highest BCUT2D eigenvalue weighted by molar-refractivity contribution is 7.88. The molecule has 2 fully saturated rings. The third-order valence-corrected chi connectivity index (χ3v) is 6.39. The van der Waals surface area contributed by atoms with E-state index in [-0.39, 0.29) is 24.2 Å². The van der Waals surface area contributed by atoms with Gasteiger partial charge in [-0.1, -0.05) is 12.1 Å². The first-order valence-corrected chi connectivity index (χ1v) is 11.0. The molecule has 0 saturated carbocycles. The van der Waals surface area contributed by atoms with Gasteiger partial charge in [-0.15, -0.1) is 0 Å². The fourth-order valence-corrected chi connectivity index (χ4v) is 4.50. The minimum atomic E-state index is -3.34. The number of rotatable bonds is 7. The zero-order chi connectivity index (χ0) is 19.4. The number of hydrogen-bond acceptors (Lipinski definition) is 5. The van der Waals surface area contributed by atoms with Gasteiger partial charge in [0.05, 0.1) is 31.9 Å². The minimum Gasteiger partial charge on any atom is -0.379 e. The fourth-order valence-electron chi connectivity index (χ4n) is 3.41. The Morgan fingerprint density at radius 1 is 1.22 bits per heavy atom. The van der Waals surface area contributed by atoms with Crippen LogP contribution in [0.3, 0.4) is 0 Å². The molecule has 0 bridgehead atoms. The second-order valence-corrected chi connectivity index (χ2v) is 9.02. The third kappa shape index (κ3) is 5.47. The number of sulfonamides is 1. The van der Waals surface area contributed by atoms with E-state index in [1.807, 2.05) is 0 Å². The summed E-state index contributed by atoms with van der Waals surface area (Å²) in [6, 6.07) is 5.67. The lowest BCUT2D eigenvalue weighted by Gasteiger charge is -2.44. The molecule has 27 heavy (non-hydrogen) atoms. The van der Waals surface area contributed by atoms with Crippen LogP contribution >= 0.6 is 0 Å². The van der Waals surface area contributed by atoms with Crippen LogP contribution in [0, 0.1) is 5.82 Å². The zero-order valence-electron chi connectivity index (χ0n) is 15.5. The van der Waals surface area contributed by atoms with Gasteiger partial charge < -0.3 is 9.64 Å². The summed E-state index contributed by atoms with van der Waals surface area (Å²) in [4.78, 5) is 16.2. The summed E-state index contributed by atoms with van der Waals surface area (Å²) in [6.45, 7) is 4.85. The van der Waals surface area contributed by atoms with E-state index in [0.29, 0.717) is 39.4 Å². The molecular formula is C18H26FN3O4S. The molecule has 2 aliphatic rings. The van der Waals surface area contributed by atoms with Crippen molar-refractivity contribution in [3.8, 4) is 0 Å². The van der Waals surface area contributed by atoms with Gasteiger partial charge in [-0.3, -0.25) is 9.69 Å². The summed E-state index contributed by atoms with van der Waals surface area (Å²) in [5, 5.41) is 0. The van der Waals surface area contributed by atoms with Crippen molar-refractivity contribution in [3.05, 3.63) is 35.6 Å². The lowest BCUT2D eigenvalue weighted by atomic mass is 10.1. The number of amides is 1. The van der Waals surface area contributed by atoms with E-state index in [4.69, 9.17) is 4.74 Å². The first kappa shape index (κ1) is 20.2. The molecule has 0 atom stereocenters. The first-order valence-electron chi connectivity index (χ1n) is 9.12. The van der Waals surface area contributed by atoms with Gasteiger partial charge in [0, 0.05) is 39.3 Å². The maximum Gasteiger partial charge on any atom is 0.227 e. The number of nitrogens with zero attached hydrogens (tertiary/aromatic N) is 3. The lowest BCUT2D eigenvalue weighted by Crippen LogP contribution is -2.63. The predicted molar refractivity (Wildman–Crippen MR) is 99.3 cm³/mol. The molecule has 0 spiro atoms. The smallest absolute Gasteiger partial charge is 0.227 e. The summed E-state index contributed by atoms with van der Waals surface area (Å²) < 4.78 is 44.1. The van der Waals surface area contributed by atoms with Gasteiger partial charge in [0.2, 0.25) is 15.9 Å². The molecule has 3 rings (SSSR count). The molecule has 1 aromatic carbocycles. The van der Waals surface area contributed by atoms with Crippen molar-refractivity contribution in [3.63, 3.8) is 0 Å². The molecular weight excluding hydrogens is 373 g/mol. The minimum absolute atomic E-state index is 0.0699. The fraction of sp³-hybridized carbons (Fsp3) is 0.611. The standard InChI is InChI=1S/C18H26FN3O4S/c1-27(24,25)22(7-6-20-8-10-26-11-9-20)17-13-21(14-17)18(23)12-15-2-4-16(19)5-3-15/h2-5,17H,6-14H2,1H3. The normalized spacial score (nSPS) is 19.3. The Morgan fingerprint density at radius 3 is 2.44 bits per heavy atom. The number of ether oxygens (including phenoxy) is 1. The van der Waals surface area contributed by atoms with Crippen LogP contribution in [-0.4, -0.2) is 93.2 Å². The second-order valence-electron chi connectivity index (χ2n) is 7.08. The maximum absolute atomic E-state index is 13.0. The van der Waals surface area contributed by atoms with Gasteiger partial charge >= 0.3 is 0 Å². The Hall–Kier alpha value is -1.55. The quantitative estimate of drug-likeness (QED) is 0.654. The monoisotopic (exact) mass is 399 g/mol. The van der Waals surface area contributed by atoms with Crippen molar-refractivity contribution in [1.82, 2.24) is 14.1 Å². The number of carbonyl (C=O) groups is 1. The Kier molecular flexibility index (Phi) is 6.46. The zero-order valence-corrected chi connectivity index (χ0v) is 16.3. The van der Waals surface area contributed by atoms with Crippen LogP contribution in [0.15, 0.2) is 24.3 Å². The summed E-state index contributed by atoms with van der Waals surface area (Å²) in [5.41, 5.74) is 0.747. The highest BCUT2D eigenvalue weighted by atomic mass is 32.2. The van der Waals surface area contributed by atoms with Crippen LogP contribution < -0.4 is 0 Å². The SMILES string of the molecule is CS(=O)(=O)N(CCN1CCOCC1)C1CN(C(=O)Cc2ccc(F)cc2)C1. The van der Waals surface area contributed by atoms with Crippen LogP contribution in [0.1, 0.15) is 5.56 Å². The van der Waals surface area contributed by atoms with E-state index in [0.717, 1.165) is 18.7 Å². The van der Waals surface area contributed by atoms with Crippen molar-refractivity contribution in [2.75, 3.05) is 58.7 Å². The molecule has 2 saturated heterocycles. The Labute approximate surface area is 159 Å². The number of hydrogen-bond donors (Lipinski definition) is 0. The van der Waals surface area contributed by atoms with Crippen LogP contribution in [-0.2, 0) is 26.0 Å². The van der Waals surface area contributed by atoms with Crippen molar-refractivity contribution in [2.45, 2.75) is 12.5 Å². The van der Waals surface area contributed by atoms with Gasteiger partial charge in [0.1, 0.15) is 5.82 Å². The largest absolute Gasteiger partial charge is 0.379 e. The number of likely N-dealkylation sites (tertiary alicyclic amines) is 1. The van der Waals surface area contributed by atoms with E-state index in [9.17, 15) is 17.6 Å². The molecule has 0 unspecified atom stereocenters. The Morgan fingerprint density at radius 2 is 1.85 bits per heavy atom. The van der Waals surface area contributed by atoms with Crippen molar-refractivity contribution in [2.24, 2.45) is 0 Å². The molecule has 0 radical (unpaired) electrons. The number of morpholine rings is 1. The van der Waals surface area contributed by atoms with E-state index >= 15 is 0 Å². The molecule has 9 heteroatoms. The molecule has 2 aliphatic heterocycles. The van der Waals surface area contributed by atoms with Gasteiger partial charge in [-0.05, 0) is 17.7 Å². The van der Waals surface area contributed by atoms with Crippen molar-refractivity contribution < 1.29 is 22.3 Å². The van der Waals surface area contributed by atoms with Gasteiger partial charge in [-0.2, -0.15) is 4.31 Å². The number of carbonyl (C=O) groups excluding carboxylic acids is 1. The molecule has 0 aromatic heterocycles. The van der Waals surface area contributed by atoms with E-state index in [1.165, 1.54) is 22.7 Å². The molecule has 7 nitrogen and oxygen atoms in total. The summed E-state index contributed by atoms with van der Waals surface area (Å²) in [5.74, 6) is -0.404. The third-order valence-electron chi connectivity index (χ3n) is 5.06. The van der Waals surface area contributed by atoms with Gasteiger partial charge in [0.15, 0.2) is 0 Å². The number of halogens is 1. The van der Waals surface area contributed by atoms with Crippen molar-refractivity contribution in [1.29, 1.82) is 0 Å². The second kappa shape index (κ2) is 8.64. The summed E-state index contributed by atoms with van der Waals surface area (Å²) >= 11 is 0. The van der Waals surface area contributed by atoms with Crippen LogP contribution in [0.25, 0.3) is 0 Å². The first-order chi connectivity index (χ1) is 12.8. The molecule has 1 aromatic rings. The van der Waals surface area contributed by atoms with Gasteiger partial charge in [-0.25, -0.2) is 12.8 Å². The van der Waals surface area contributed by atoms with Crippen LogP contribution in [0.5, 0.6) is 0 Å². The van der Waals surface area contributed by atoms with Crippen molar-refractivity contribution >= 4 is 15.9 Å². The topological polar surface area (TPSA) is 70.2 Å². The molecule has 0 aliphatic carbocycles. The number of benzene rings is 1. The highest BCUT2D eigenvalue weighted by Crippen LogP contribution is 2.19. The lowest BCUT2D eigenvalue weighted by molar-refractivity contribution is -0.136. The van der Waals surface area contributed by atoms with E-state index < -0.39 is 10.0 Å². The summed E-state index contributed by atoms with van der Waals surface area (Å²) in [7, 11) is -3.34. The van der Waals surface area contributed by atoms with Crippen LogP contribution in [0.2, 0.25) is 0 Å².